The molecule has 104 valence electrons. The highest BCUT2D eigenvalue weighted by molar-refractivity contribution is 9.10. The smallest absolute Gasteiger partial charge is 0.338 e. The molecular formula is C13H9BrF2N2O2. The molecule has 0 aliphatic carbocycles. The van der Waals surface area contributed by atoms with E-state index in [1.165, 1.54) is 18.2 Å². The summed E-state index contributed by atoms with van der Waals surface area (Å²) in [6.45, 7) is 0. The molecule has 0 aliphatic rings. The molecule has 4 N–H and O–H groups in total. The van der Waals surface area contributed by atoms with Crippen molar-refractivity contribution >= 4 is 39.0 Å². The number of benzene rings is 2. The van der Waals surface area contributed by atoms with Crippen LogP contribution in [0.15, 0.2) is 34.8 Å². The van der Waals surface area contributed by atoms with E-state index in [0.29, 0.717) is 10.2 Å². The lowest BCUT2D eigenvalue weighted by Crippen LogP contribution is -2.05. The van der Waals surface area contributed by atoms with Crippen molar-refractivity contribution in [2.75, 3.05) is 11.1 Å². The van der Waals surface area contributed by atoms with Crippen molar-refractivity contribution in [3.8, 4) is 0 Å². The maximum atomic E-state index is 13.6. The van der Waals surface area contributed by atoms with Crippen molar-refractivity contribution in [2.24, 2.45) is 0 Å². The third-order valence-electron chi connectivity index (χ3n) is 2.57. The molecule has 0 radical (unpaired) electrons. The summed E-state index contributed by atoms with van der Waals surface area (Å²) >= 11 is 3.21. The zero-order valence-corrected chi connectivity index (χ0v) is 11.5. The SMILES string of the molecule is Nc1cc(C(=O)O)c(F)cc1Nc1cc(F)ccc1Br. The number of halogens is 3. The summed E-state index contributed by atoms with van der Waals surface area (Å²) in [5.41, 5.74) is 5.68. The Morgan fingerprint density at radius 3 is 2.55 bits per heavy atom. The average Bonchev–Trinajstić information content (AvgIpc) is 2.37. The second-order valence-electron chi connectivity index (χ2n) is 3.97. The van der Waals surface area contributed by atoms with Crippen LogP contribution in [-0.4, -0.2) is 11.1 Å². The Kier molecular flexibility index (Phi) is 3.89. The number of hydrogen-bond donors (Lipinski definition) is 3. The molecule has 7 heteroatoms. The Bertz CT molecular complexity index is 692. The summed E-state index contributed by atoms with van der Waals surface area (Å²) in [5, 5.41) is 11.5. The van der Waals surface area contributed by atoms with Gasteiger partial charge in [-0.2, -0.15) is 0 Å². The van der Waals surface area contributed by atoms with Gasteiger partial charge in [-0.1, -0.05) is 0 Å². The minimum Gasteiger partial charge on any atom is -0.478 e. The summed E-state index contributed by atoms with van der Waals surface area (Å²) < 4.78 is 27.3. The molecule has 0 fully saturated rings. The number of carboxylic acids is 1. The van der Waals surface area contributed by atoms with Crippen molar-refractivity contribution in [3.05, 3.63) is 52.0 Å². The molecule has 4 nitrogen and oxygen atoms in total. The van der Waals surface area contributed by atoms with Gasteiger partial charge in [0.1, 0.15) is 11.6 Å². The number of carboxylic acid groups (broad SMARTS) is 1. The monoisotopic (exact) mass is 342 g/mol. The molecule has 20 heavy (non-hydrogen) atoms. The molecule has 2 aromatic carbocycles. The largest absolute Gasteiger partial charge is 0.478 e. The fraction of sp³-hybridized carbons (Fsp3) is 0. The molecule has 2 aromatic rings. The first-order valence-electron chi connectivity index (χ1n) is 5.43. The normalized spacial score (nSPS) is 10.3. The van der Waals surface area contributed by atoms with E-state index in [9.17, 15) is 13.6 Å². The van der Waals surface area contributed by atoms with Crippen LogP contribution in [0.1, 0.15) is 10.4 Å². The molecule has 2 rings (SSSR count). The first-order valence-corrected chi connectivity index (χ1v) is 6.22. The van der Waals surface area contributed by atoms with Crippen LogP contribution in [0, 0.1) is 11.6 Å². The van der Waals surface area contributed by atoms with Crippen LogP contribution in [0.2, 0.25) is 0 Å². The van der Waals surface area contributed by atoms with Crippen LogP contribution < -0.4 is 11.1 Å². The van der Waals surface area contributed by atoms with E-state index in [1.54, 1.807) is 0 Å². The molecule has 0 atom stereocenters. The standard InChI is InChI=1S/C13H9BrF2N2O2/c14-8-2-1-6(15)3-11(8)18-12-5-9(16)7(13(19)20)4-10(12)17/h1-5,18H,17H2,(H,19,20). The van der Waals surface area contributed by atoms with Crippen molar-refractivity contribution in [1.82, 2.24) is 0 Å². The quantitative estimate of drug-likeness (QED) is 0.742. The number of nitrogen functional groups attached to an aromatic ring is 1. The van der Waals surface area contributed by atoms with Gasteiger partial charge in [0, 0.05) is 10.5 Å². The molecule has 0 saturated heterocycles. The maximum Gasteiger partial charge on any atom is 0.338 e. The van der Waals surface area contributed by atoms with Crippen LogP contribution in [0.3, 0.4) is 0 Å². The van der Waals surface area contributed by atoms with Crippen LogP contribution in [-0.2, 0) is 0 Å². The lowest BCUT2D eigenvalue weighted by Gasteiger charge is -2.12. The molecule has 0 amide bonds. The molecular weight excluding hydrogens is 334 g/mol. The zero-order chi connectivity index (χ0) is 14.9. The van der Waals surface area contributed by atoms with Crippen molar-refractivity contribution in [2.45, 2.75) is 0 Å². The van der Waals surface area contributed by atoms with Crippen molar-refractivity contribution < 1.29 is 18.7 Å². The summed E-state index contributed by atoms with van der Waals surface area (Å²) in [6.07, 6.45) is 0. The fourth-order valence-electron chi connectivity index (χ4n) is 1.60. The third-order valence-corrected chi connectivity index (χ3v) is 3.26. The molecule has 0 heterocycles. The van der Waals surface area contributed by atoms with Crippen molar-refractivity contribution in [1.29, 1.82) is 0 Å². The molecule has 0 bridgehead atoms. The minimum atomic E-state index is -1.41. The minimum absolute atomic E-state index is 0.0416. The number of rotatable bonds is 3. The van der Waals surface area contributed by atoms with E-state index < -0.39 is 23.2 Å². The van der Waals surface area contributed by atoms with Crippen LogP contribution in [0.5, 0.6) is 0 Å². The first kappa shape index (κ1) is 14.3. The maximum absolute atomic E-state index is 13.6. The van der Waals surface area contributed by atoms with E-state index in [2.05, 4.69) is 21.2 Å². The van der Waals surface area contributed by atoms with Crippen molar-refractivity contribution in [3.63, 3.8) is 0 Å². The van der Waals surface area contributed by atoms with Gasteiger partial charge < -0.3 is 16.2 Å². The number of carbonyl (C=O) groups is 1. The van der Waals surface area contributed by atoms with E-state index >= 15 is 0 Å². The first-order chi connectivity index (χ1) is 9.38. The van der Waals surface area contributed by atoms with Crippen LogP contribution in [0.4, 0.5) is 25.8 Å². The lowest BCUT2D eigenvalue weighted by molar-refractivity contribution is 0.0692. The Labute approximate surface area is 121 Å². The molecule has 0 saturated carbocycles. The van der Waals surface area contributed by atoms with E-state index in [-0.39, 0.29) is 11.4 Å². The summed E-state index contributed by atoms with van der Waals surface area (Å²) in [7, 11) is 0. The number of nitrogens with one attached hydrogen (secondary N) is 1. The highest BCUT2D eigenvalue weighted by atomic mass is 79.9. The fourth-order valence-corrected chi connectivity index (χ4v) is 1.95. The highest BCUT2D eigenvalue weighted by Gasteiger charge is 2.14. The number of nitrogens with two attached hydrogens (primary N) is 1. The van der Waals surface area contributed by atoms with Gasteiger partial charge >= 0.3 is 5.97 Å². The number of aromatic carboxylic acids is 1. The average molecular weight is 343 g/mol. The van der Waals surface area contributed by atoms with Gasteiger partial charge in [-0.25, -0.2) is 13.6 Å². The lowest BCUT2D eigenvalue weighted by atomic mass is 10.1. The molecule has 0 unspecified atom stereocenters. The number of anilines is 3. The molecule has 0 spiro atoms. The Morgan fingerprint density at radius 1 is 1.20 bits per heavy atom. The van der Waals surface area contributed by atoms with Gasteiger partial charge in [0.15, 0.2) is 0 Å². The Balaban J connectivity index is 2.42. The van der Waals surface area contributed by atoms with Gasteiger partial charge in [0.05, 0.1) is 22.6 Å². The van der Waals surface area contributed by atoms with Gasteiger partial charge in [-0.3, -0.25) is 0 Å². The predicted molar refractivity (Wildman–Crippen MR) is 75.2 cm³/mol. The van der Waals surface area contributed by atoms with Crippen LogP contribution in [0.25, 0.3) is 0 Å². The van der Waals surface area contributed by atoms with Crippen LogP contribution >= 0.6 is 15.9 Å². The summed E-state index contributed by atoms with van der Waals surface area (Å²) in [4.78, 5) is 10.8. The topological polar surface area (TPSA) is 75.4 Å². The van der Waals surface area contributed by atoms with E-state index in [1.807, 2.05) is 0 Å². The van der Waals surface area contributed by atoms with Gasteiger partial charge in [0.25, 0.3) is 0 Å². The second kappa shape index (κ2) is 5.46. The summed E-state index contributed by atoms with van der Waals surface area (Å²) in [6, 6.07) is 5.90. The summed E-state index contributed by atoms with van der Waals surface area (Å²) in [5.74, 6) is -2.81. The highest BCUT2D eigenvalue weighted by Crippen LogP contribution is 2.30. The van der Waals surface area contributed by atoms with Gasteiger partial charge in [-0.15, -0.1) is 0 Å². The second-order valence-corrected chi connectivity index (χ2v) is 4.83. The Hall–Kier alpha value is -2.15. The Morgan fingerprint density at radius 2 is 1.90 bits per heavy atom. The van der Waals surface area contributed by atoms with Gasteiger partial charge in [-0.05, 0) is 40.2 Å². The third kappa shape index (κ3) is 2.88. The zero-order valence-electron chi connectivity index (χ0n) is 9.95. The number of hydrogen-bond acceptors (Lipinski definition) is 3. The predicted octanol–water partition coefficient (Wildman–Crippen LogP) is 3.75. The van der Waals surface area contributed by atoms with Gasteiger partial charge in [0.2, 0.25) is 0 Å². The molecule has 0 aliphatic heterocycles. The molecule has 0 aromatic heterocycles. The van der Waals surface area contributed by atoms with E-state index in [4.69, 9.17) is 10.8 Å². The van der Waals surface area contributed by atoms with E-state index in [0.717, 1.165) is 12.1 Å².